The molecule has 0 saturated carbocycles. The number of hydrogen-bond acceptors (Lipinski definition) is 4. The van der Waals surface area contributed by atoms with Gasteiger partial charge in [-0.25, -0.2) is 0 Å². The van der Waals surface area contributed by atoms with Gasteiger partial charge in [0.1, 0.15) is 11.8 Å². The third-order valence-corrected chi connectivity index (χ3v) is 5.27. The maximum Gasteiger partial charge on any atom is 0.227 e. The summed E-state index contributed by atoms with van der Waals surface area (Å²) in [5, 5.41) is 0.125. The molecule has 5 heteroatoms. The molecule has 1 aliphatic rings. The lowest BCUT2D eigenvalue weighted by Gasteiger charge is -2.42. The Morgan fingerprint density at radius 1 is 1.25 bits per heavy atom. The van der Waals surface area contributed by atoms with Gasteiger partial charge in [-0.05, 0) is 35.9 Å². The fourth-order valence-electron chi connectivity index (χ4n) is 3.38. The second kappa shape index (κ2) is 7.26. The van der Waals surface area contributed by atoms with Crippen molar-refractivity contribution in [1.29, 1.82) is 0 Å². The van der Waals surface area contributed by atoms with E-state index >= 15 is 0 Å². The minimum absolute atomic E-state index is 0.0147. The van der Waals surface area contributed by atoms with Gasteiger partial charge in [0.15, 0.2) is 5.12 Å². The van der Waals surface area contributed by atoms with Crippen LogP contribution >= 0.6 is 11.8 Å². The van der Waals surface area contributed by atoms with E-state index in [0.717, 1.165) is 11.4 Å². The van der Waals surface area contributed by atoms with E-state index in [1.54, 1.807) is 17.2 Å². The first-order valence-electron chi connectivity index (χ1n) is 8.20. The number of rotatable bonds is 4. The van der Waals surface area contributed by atoms with Crippen LogP contribution in [0.2, 0.25) is 0 Å². The van der Waals surface area contributed by atoms with E-state index in [9.17, 15) is 9.59 Å². The Kier molecular flexibility index (Phi) is 5.09. The highest BCUT2D eigenvalue weighted by molar-refractivity contribution is 8.13. The number of piperidine rings is 1. The van der Waals surface area contributed by atoms with Gasteiger partial charge in [0.2, 0.25) is 5.91 Å². The monoisotopic (exact) mass is 343 g/mol. The average Bonchev–Trinajstić information content (AvgIpc) is 3.09. The third kappa shape index (κ3) is 3.13. The van der Waals surface area contributed by atoms with Gasteiger partial charge >= 0.3 is 0 Å². The van der Waals surface area contributed by atoms with Gasteiger partial charge in [0.25, 0.3) is 0 Å². The number of carbonyl (C=O) groups excluding carboxylic acids is 2. The van der Waals surface area contributed by atoms with Crippen molar-refractivity contribution in [3.63, 3.8) is 0 Å². The quantitative estimate of drug-likeness (QED) is 0.831. The molecular weight excluding hydrogens is 322 g/mol. The first-order chi connectivity index (χ1) is 11.6. The van der Waals surface area contributed by atoms with Crippen LogP contribution in [0.5, 0.6) is 0 Å². The Hall–Kier alpha value is -2.01. The highest BCUT2D eigenvalue weighted by atomic mass is 32.2. The lowest BCUT2D eigenvalue weighted by Crippen LogP contribution is -2.48. The first kappa shape index (κ1) is 16.8. The Bertz CT molecular complexity index is 699. The second-order valence-corrected chi connectivity index (χ2v) is 7.29. The lowest BCUT2D eigenvalue weighted by atomic mass is 9.79. The first-order valence-corrected chi connectivity index (χ1v) is 9.19. The van der Waals surface area contributed by atoms with Crippen LogP contribution in [0.15, 0.2) is 53.1 Å². The molecular formula is C19H21NO3S. The van der Waals surface area contributed by atoms with Crippen LogP contribution in [0.25, 0.3) is 0 Å². The molecule has 1 amide bonds. The molecule has 0 N–H and O–H groups in total. The summed E-state index contributed by atoms with van der Waals surface area (Å²) >= 11 is 1.32. The van der Waals surface area contributed by atoms with E-state index in [1.807, 2.05) is 50.2 Å². The van der Waals surface area contributed by atoms with Gasteiger partial charge in [0.05, 0.1) is 12.2 Å². The zero-order valence-corrected chi connectivity index (χ0v) is 14.7. The summed E-state index contributed by atoms with van der Waals surface area (Å²) < 4.78 is 5.62. The molecule has 1 fully saturated rings. The highest BCUT2D eigenvalue weighted by Crippen LogP contribution is 2.44. The van der Waals surface area contributed by atoms with Crippen molar-refractivity contribution in [3.05, 3.63) is 54.5 Å². The highest BCUT2D eigenvalue weighted by Gasteiger charge is 2.46. The predicted octanol–water partition coefficient (Wildman–Crippen LogP) is 4.29. The van der Waals surface area contributed by atoms with Crippen LogP contribution in [0, 0.1) is 11.8 Å². The molecule has 126 valence electrons. The summed E-state index contributed by atoms with van der Waals surface area (Å²) in [6, 6.07) is 12.8. The van der Waals surface area contributed by atoms with Crippen molar-refractivity contribution in [2.45, 2.75) is 26.3 Å². The molecule has 0 unspecified atom stereocenters. The third-order valence-electron chi connectivity index (χ3n) is 4.42. The number of carbonyl (C=O) groups is 2. The molecule has 24 heavy (non-hydrogen) atoms. The summed E-state index contributed by atoms with van der Waals surface area (Å²) in [6.45, 7) is 3.95. The van der Waals surface area contributed by atoms with Gasteiger partial charge in [-0.1, -0.05) is 43.8 Å². The molecule has 1 aliphatic heterocycles. The Labute approximate surface area is 146 Å². The zero-order valence-electron chi connectivity index (χ0n) is 13.8. The van der Waals surface area contributed by atoms with Gasteiger partial charge in [-0.2, -0.15) is 0 Å². The van der Waals surface area contributed by atoms with E-state index in [0.29, 0.717) is 12.2 Å². The molecule has 0 aliphatic carbocycles. The van der Waals surface area contributed by atoms with Gasteiger partial charge in [-0.3, -0.25) is 9.59 Å². The van der Waals surface area contributed by atoms with E-state index < -0.39 is 6.04 Å². The van der Waals surface area contributed by atoms with E-state index in [-0.39, 0.29) is 22.9 Å². The van der Waals surface area contributed by atoms with Crippen molar-refractivity contribution in [2.75, 3.05) is 10.7 Å². The maximum absolute atomic E-state index is 12.8. The SMILES string of the molecule is CCSC(=O)[C@H]1[C@H](C)CC(=O)N(c2ccccc2)[C@@H]1c1ccco1. The summed E-state index contributed by atoms with van der Waals surface area (Å²) in [4.78, 5) is 27.3. The lowest BCUT2D eigenvalue weighted by molar-refractivity contribution is -0.126. The number of para-hydroxylation sites is 1. The summed E-state index contributed by atoms with van der Waals surface area (Å²) in [5.74, 6) is 1.12. The maximum atomic E-state index is 12.8. The van der Waals surface area contributed by atoms with E-state index in [4.69, 9.17) is 4.42 Å². The van der Waals surface area contributed by atoms with Gasteiger partial charge in [-0.15, -0.1) is 0 Å². The molecule has 0 bridgehead atoms. The number of amides is 1. The normalized spacial score (nSPS) is 24.2. The molecule has 0 spiro atoms. The molecule has 2 heterocycles. The Morgan fingerprint density at radius 3 is 2.62 bits per heavy atom. The number of nitrogens with zero attached hydrogens (tertiary/aromatic N) is 1. The Morgan fingerprint density at radius 2 is 2.00 bits per heavy atom. The van der Waals surface area contributed by atoms with Crippen molar-refractivity contribution in [3.8, 4) is 0 Å². The summed E-state index contributed by atoms with van der Waals surface area (Å²) in [7, 11) is 0. The van der Waals surface area contributed by atoms with E-state index in [1.165, 1.54) is 11.8 Å². The Balaban J connectivity index is 2.08. The number of furan rings is 1. The minimum atomic E-state index is -0.398. The summed E-state index contributed by atoms with van der Waals surface area (Å²) in [6.07, 6.45) is 1.96. The zero-order chi connectivity index (χ0) is 17.1. The molecule has 1 aromatic heterocycles. The number of hydrogen-bond donors (Lipinski definition) is 0. The number of thioether (sulfide) groups is 1. The molecule has 3 rings (SSSR count). The van der Waals surface area contributed by atoms with Crippen LogP contribution in [0.3, 0.4) is 0 Å². The van der Waals surface area contributed by atoms with Crippen LogP contribution in [0.1, 0.15) is 32.1 Å². The predicted molar refractivity (Wildman–Crippen MR) is 95.8 cm³/mol. The molecule has 2 aromatic rings. The molecule has 4 nitrogen and oxygen atoms in total. The standard InChI is InChI=1S/C19H21NO3S/c1-3-24-19(22)17-13(2)12-16(21)20(14-8-5-4-6-9-14)18(17)15-10-7-11-23-15/h4-11,13,17-18H,3,12H2,1-2H3/t13-,17+,18-/m1/s1. The van der Waals surface area contributed by atoms with Crippen molar-refractivity contribution < 1.29 is 14.0 Å². The van der Waals surface area contributed by atoms with Crippen LogP contribution in [-0.2, 0) is 9.59 Å². The van der Waals surface area contributed by atoms with E-state index in [2.05, 4.69) is 0 Å². The van der Waals surface area contributed by atoms with Crippen molar-refractivity contribution >= 4 is 28.5 Å². The van der Waals surface area contributed by atoms with Crippen LogP contribution in [-0.4, -0.2) is 16.8 Å². The molecule has 1 aromatic carbocycles. The largest absolute Gasteiger partial charge is 0.467 e. The topological polar surface area (TPSA) is 50.5 Å². The average molecular weight is 343 g/mol. The van der Waals surface area contributed by atoms with Crippen molar-refractivity contribution in [1.82, 2.24) is 0 Å². The second-order valence-electron chi connectivity index (χ2n) is 6.02. The van der Waals surface area contributed by atoms with Crippen LogP contribution in [0.4, 0.5) is 5.69 Å². The molecule has 0 radical (unpaired) electrons. The molecule has 1 saturated heterocycles. The number of benzene rings is 1. The fraction of sp³-hybridized carbons (Fsp3) is 0.368. The van der Waals surface area contributed by atoms with Crippen LogP contribution < -0.4 is 4.90 Å². The fourth-order valence-corrected chi connectivity index (χ4v) is 4.22. The van der Waals surface area contributed by atoms with Gasteiger partial charge in [0, 0.05) is 12.1 Å². The smallest absolute Gasteiger partial charge is 0.227 e. The molecule has 3 atom stereocenters. The number of anilines is 1. The minimum Gasteiger partial charge on any atom is -0.467 e. The summed E-state index contributed by atoms with van der Waals surface area (Å²) in [5.41, 5.74) is 0.801. The van der Waals surface area contributed by atoms with Gasteiger partial charge < -0.3 is 9.32 Å². The van der Waals surface area contributed by atoms with Crippen molar-refractivity contribution in [2.24, 2.45) is 11.8 Å².